The number of fused-ring (bicyclic) bond motifs is 2. The molecular weight excluding hydrogens is 442 g/mol. The molecule has 1 aliphatic heterocycles. The highest BCUT2D eigenvalue weighted by Gasteiger charge is 2.21. The minimum absolute atomic E-state index is 0.383. The van der Waals surface area contributed by atoms with Crippen LogP contribution in [0.2, 0.25) is 0 Å². The summed E-state index contributed by atoms with van der Waals surface area (Å²) in [6.07, 6.45) is 7.49. The van der Waals surface area contributed by atoms with Crippen LogP contribution in [0.15, 0.2) is 53.3 Å². The number of imidazole rings is 2. The van der Waals surface area contributed by atoms with Crippen LogP contribution in [-0.2, 0) is 6.54 Å². The van der Waals surface area contributed by atoms with Crippen molar-refractivity contribution in [3.63, 3.8) is 0 Å². The van der Waals surface area contributed by atoms with Gasteiger partial charge in [-0.05, 0) is 31.0 Å². The molecule has 0 atom stereocenters. The molecule has 1 saturated heterocycles. The summed E-state index contributed by atoms with van der Waals surface area (Å²) in [6, 6.07) is 10.5. The third kappa shape index (κ3) is 4.69. The maximum atomic E-state index is 5.74. The van der Waals surface area contributed by atoms with Crippen LogP contribution < -0.4 is 10.6 Å². The van der Waals surface area contributed by atoms with Gasteiger partial charge in [-0.3, -0.25) is 4.98 Å². The van der Waals surface area contributed by atoms with Gasteiger partial charge in [0, 0.05) is 45.3 Å². The standard InChI is InChI=1S/C25H29N9O/c1-17-28-14-19(35-17)16-34-23-5-3-2-4-21(23)32-25(34)29-18-7-11-33(12-8-18)13-10-27-24-30-20-6-9-26-15-22(20)31-24/h2-6,9,14-15,18H,7-8,10-13,16H2,1H3,(H,29,32)(H2,27,30,31). The summed E-state index contributed by atoms with van der Waals surface area (Å²) < 4.78 is 7.93. The number of aryl methyl sites for hydroxylation is 1. The van der Waals surface area contributed by atoms with Gasteiger partial charge in [-0.2, -0.15) is 0 Å². The maximum absolute atomic E-state index is 5.74. The highest BCUT2D eigenvalue weighted by molar-refractivity contribution is 5.79. The highest BCUT2D eigenvalue weighted by atomic mass is 16.4. The van der Waals surface area contributed by atoms with E-state index < -0.39 is 0 Å². The Bertz CT molecular complexity index is 1390. The Hall–Kier alpha value is -3.92. The largest absolute Gasteiger partial charge is 0.444 e. The lowest BCUT2D eigenvalue weighted by molar-refractivity contribution is 0.226. The molecule has 1 aromatic carbocycles. The zero-order valence-electron chi connectivity index (χ0n) is 19.7. The molecule has 5 aromatic rings. The second kappa shape index (κ2) is 9.38. The third-order valence-electron chi connectivity index (χ3n) is 6.56. The number of aromatic amines is 1. The number of hydrogen-bond acceptors (Lipinski definition) is 8. The predicted octanol–water partition coefficient (Wildman–Crippen LogP) is 3.64. The van der Waals surface area contributed by atoms with Gasteiger partial charge in [0.1, 0.15) is 5.76 Å². The summed E-state index contributed by atoms with van der Waals surface area (Å²) in [4.78, 5) is 23.6. The van der Waals surface area contributed by atoms with Crippen molar-refractivity contribution in [2.45, 2.75) is 32.4 Å². The molecule has 1 aliphatic rings. The van der Waals surface area contributed by atoms with Gasteiger partial charge in [0.2, 0.25) is 11.9 Å². The number of pyridine rings is 1. The first-order valence-electron chi connectivity index (χ1n) is 12.1. The van der Waals surface area contributed by atoms with E-state index in [0.717, 1.165) is 78.7 Å². The van der Waals surface area contributed by atoms with E-state index in [2.05, 4.69) is 52.2 Å². The van der Waals surface area contributed by atoms with E-state index in [0.29, 0.717) is 18.5 Å². The zero-order chi connectivity index (χ0) is 23.6. The first-order chi connectivity index (χ1) is 17.2. The number of hydrogen-bond donors (Lipinski definition) is 3. The number of likely N-dealkylation sites (tertiary alicyclic amines) is 1. The molecule has 0 amide bonds. The molecule has 180 valence electrons. The van der Waals surface area contributed by atoms with Gasteiger partial charge in [0.15, 0.2) is 5.89 Å². The van der Waals surface area contributed by atoms with E-state index in [1.54, 1.807) is 18.6 Å². The monoisotopic (exact) mass is 471 g/mol. The van der Waals surface area contributed by atoms with Gasteiger partial charge in [-0.15, -0.1) is 0 Å². The molecular formula is C25H29N9O. The molecule has 10 heteroatoms. The summed E-state index contributed by atoms with van der Waals surface area (Å²) in [5, 5.41) is 7.11. The van der Waals surface area contributed by atoms with E-state index in [9.17, 15) is 0 Å². The normalized spacial score (nSPS) is 15.2. The minimum Gasteiger partial charge on any atom is -0.444 e. The number of H-pyrrole nitrogens is 1. The average molecular weight is 472 g/mol. The number of oxazole rings is 1. The molecule has 0 spiro atoms. The summed E-state index contributed by atoms with van der Waals surface area (Å²) in [6.45, 7) is 6.39. The highest BCUT2D eigenvalue weighted by Crippen LogP contribution is 2.24. The van der Waals surface area contributed by atoms with Crippen molar-refractivity contribution >= 4 is 34.0 Å². The van der Waals surface area contributed by atoms with Gasteiger partial charge >= 0.3 is 0 Å². The molecule has 0 saturated carbocycles. The lowest BCUT2D eigenvalue weighted by Crippen LogP contribution is -2.41. The molecule has 3 N–H and O–H groups in total. The number of rotatable bonds is 8. The summed E-state index contributed by atoms with van der Waals surface area (Å²) in [7, 11) is 0. The van der Waals surface area contributed by atoms with Gasteiger partial charge < -0.3 is 29.5 Å². The van der Waals surface area contributed by atoms with E-state index in [4.69, 9.17) is 9.40 Å². The van der Waals surface area contributed by atoms with Crippen molar-refractivity contribution in [3.05, 3.63) is 60.6 Å². The second-order valence-electron chi connectivity index (χ2n) is 9.02. The number of nitrogens with one attached hydrogen (secondary N) is 3. The Kier molecular flexibility index (Phi) is 5.79. The van der Waals surface area contributed by atoms with Crippen LogP contribution in [0.25, 0.3) is 22.1 Å². The zero-order valence-corrected chi connectivity index (χ0v) is 19.7. The summed E-state index contributed by atoms with van der Waals surface area (Å²) in [5.41, 5.74) is 3.95. The van der Waals surface area contributed by atoms with Gasteiger partial charge in [-0.25, -0.2) is 15.0 Å². The summed E-state index contributed by atoms with van der Waals surface area (Å²) in [5.74, 6) is 3.19. The van der Waals surface area contributed by atoms with E-state index in [1.165, 1.54) is 0 Å². The second-order valence-corrected chi connectivity index (χ2v) is 9.02. The molecule has 0 aliphatic carbocycles. The van der Waals surface area contributed by atoms with Crippen LogP contribution in [0.3, 0.4) is 0 Å². The molecule has 4 aromatic heterocycles. The van der Waals surface area contributed by atoms with Crippen LogP contribution >= 0.6 is 0 Å². The molecule has 5 heterocycles. The van der Waals surface area contributed by atoms with E-state index in [-0.39, 0.29) is 0 Å². The molecule has 0 radical (unpaired) electrons. The Balaban J connectivity index is 1.05. The Morgan fingerprint density at radius 2 is 1.97 bits per heavy atom. The quantitative estimate of drug-likeness (QED) is 0.314. The number of para-hydroxylation sites is 2. The van der Waals surface area contributed by atoms with Crippen molar-refractivity contribution in [3.8, 4) is 0 Å². The van der Waals surface area contributed by atoms with E-state index in [1.807, 2.05) is 25.1 Å². The number of benzene rings is 1. The summed E-state index contributed by atoms with van der Waals surface area (Å²) >= 11 is 0. The van der Waals surface area contributed by atoms with Crippen molar-refractivity contribution in [2.75, 3.05) is 36.8 Å². The Labute approximate surface area is 202 Å². The number of nitrogens with zero attached hydrogens (tertiary/aromatic N) is 6. The topological polar surface area (TPSA) is 113 Å². The first kappa shape index (κ1) is 21.6. The number of aromatic nitrogens is 6. The van der Waals surface area contributed by atoms with Gasteiger partial charge in [0.05, 0.1) is 41.0 Å². The molecule has 6 rings (SSSR count). The smallest absolute Gasteiger partial charge is 0.204 e. The van der Waals surface area contributed by atoms with Crippen LogP contribution in [0.5, 0.6) is 0 Å². The van der Waals surface area contributed by atoms with Crippen molar-refractivity contribution in [1.29, 1.82) is 0 Å². The third-order valence-corrected chi connectivity index (χ3v) is 6.56. The lowest BCUT2D eigenvalue weighted by Gasteiger charge is -2.32. The molecule has 0 unspecified atom stereocenters. The number of anilines is 2. The lowest BCUT2D eigenvalue weighted by atomic mass is 10.1. The minimum atomic E-state index is 0.383. The predicted molar refractivity (Wildman–Crippen MR) is 136 cm³/mol. The van der Waals surface area contributed by atoms with Crippen molar-refractivity contribution in [2.24, 2.45) is 0 Å². The Morgan fingerprint density at radius 3 is 2.80 bits per heavy atom. The van der Waals surface area contributed by atoms with Crippen LogP contribution in [0.1, 0.15) is 24.5 Å². The fraction of sp³-hybridized carbons (Fsp3) is 0.360. The first-order valence-corrected chi connectivity index (χ1v) is 12.1. The SMILES string of the molecule is Cc1ncc(Cn2c(NC3CCN(CCNc4nc5ccncc5[nH]4)CC3)nc3ccccc32)o1. The molecule has 1 fully saturated rings. The van der Waals surface area contributed by atoms with Gasteiger partial charge in [-0.1, -0.05) is 12.1 Å². The van der Waals surface area contributed by atoms with E-state index >= 15 is 0 Å². The fourth-order valence-electron chi connectivity index (χ4n) is 4.74. The van der Waals surface area contributed by atoms with Crippen LogP contribution in [0, 0.1) is 6.92 Å². The molecule has 35 heavy (non-hydrogen) atoms. The van der Waals surface area contributed by atoms with Crippen molar-refractivity contribution < 1.29 is 4.42 Å². The molecule has 10 nitrogen and oxygen atoms in total. The van der Waals surface area contributed by atoms with Crippen molar-refractivity contribution in [1.82, 2.24) is 34.4 Å². The van der Waals surface area contributed by atoms with Crippen LogP contribution in [0.4, 0.5) is 11.9 Å². The van der Waals surface area contributed by atoms with Crippen LogP contribution in [-0.4, -0.2) is 66.6 Å². The average Bonchev–Trinajstić information content (AvgIpc) is 3.57. The number of piperidine rings is 1. The van der Waals surface area contributed by atoms with Gasteiger partial charge in [0.25, 0.3) is 0 Å². The maximum Gasteiger partial charge on any atom is 0.204 e. The molecule has 0 bridgehead atoms. The Morgan fingerprint density at radius 1 is 1.09 bits per heavy atom. The fourth-order valence-corrected chi connectivity index (χ4v) is 4.74.